The lowest BCUT2D eigenvalue weighted by Crippen LogP contribution is -2.18. The van der Waals surface area contributed by atoms with Crippen LogP contribution in [0.2, 0.25) is 0 Å². The number of benzene rings is 1. The van der Waals surface area contributed by atoms with Gasteiger partial charge in [0, 0.05) is 11.7 Å². The van der Waals surface area contributed by atoms with Crippen LogP contribution in [0, 0.1) is 0 Å². The van der Waals surface area contributed by atoms with Gasteiger partial charge < -0.3 is 23.7 Å². The van der Waals surface area contributed by atoms with Gasteiger partial charge in [0.2, 0.25) is 0 Å². The van der Waals surface area contributed by atoms with Gasteiger partial charge in [0.25, 0.3) is 0 Å². The van der Waals surface area contributed by atoms with Gasteiger partial charge in [0.05, 0.1) is 46.3 Å². The van der Waals surface area contributed by atoms with E-state index in [0.717, 1.165) is 35.1 Å². The molecule has 31 heavy (non-hydrogen) atoms. The van der Waals surface area contributed by atoms with Crippen LogP contribution in [0.25, 0.3) is 0 Å². The predicted octanol–water partition coefficient (Wildman–Crippen LogP) is 3.48. The molecule has 1 aromatic carbocycles. The van der Waals surface area contributed by atoms with Gasteiger partial charge in [-0.25, -0.2) is 0 Å². The number of aliphatic hydroxyl groups excluding tert-OH is 1. The fourth-order valence-corrected chi connectivity index (χ4v) is 4.11. The molecule has 166 valence electrons. The van der Waals surface area contributed by atoms with E-state index in [2.05, 4.69) is 14.8 Å². The van der Waals surface area contributed by atoms with E-state index in [4.69, 9.17) is 18.6 Å². The van der Waals surface area contributed by atoms with E-state index in [-0.39, 0.29) is 6.61 Å². The lowest BCUT2D eigenvalue weighted by Gasteiger charge is -2.13. The summed E-state index contributed by atoms with van der Waals surface area (Å²) in [5.74, 6) is 4.13. The Hall–Kier alpha value is -2.49. The Morgan fingerprint density at radius 3 is 2.74 bits per heavy atom. The maximum absolute atomic E-state index is 10.4. The quantitative estimate of drug-likeness (QED) is 0.424. The minimum absolute atomic E-state index is 0.225. The minimum atomic E-state index is -0.622. The van der Waals surface area contributed by atoms with Crippen LogP contribution in [0.3, 0.4) is 0 Å². The maximum Gasteiger partial charge on any atom is 0.191 e. The highest BCUT2D eigenvalue weighted by molar-refractivity contribution is 7.99. The topological polar surface area (TPSA) is 91.8 Å². The monoisotopic (exact) mass is 445 g/mol. The largest absolute Gasteiger partial charge is 0.493 e. The molecule has 4 rings (SSSR count). The Balaban J connectivity index is 1.28. The zero-order chi connectivity index (χ0) is 21.6. The molecule has 1 atom stereocenters. The van der Waals surface area contributed by atoms with Crippen LogP contribution in [-0.2, 0) is 17.9 Å². The van der Waals surface area contributed by atoms with Gasteiger partial charge in [-0.2, -0.15) is 0 Å². The second-order valence-corrected chi connectivity index (χ2v) is 8.44. The summed E-state index contributed by atoms with van der Waals surface area (Å²) in [5, 5.41) is 19.9. The number of aliphatic hydroxyl groups is 1. The van der Waals surface area contributed by atoms with Gasteiger partial charge in [0.15, 0.2) is 16.7 Å². The van der Waals surface area contributed by atoms with Crippen molar-refractivity contribution < 1.29 is 23.7 Å². The summed E-state index contributed by atoms with van der Waals surface area (Å²) in [6.07, 6.45) is 3.34. The summed E-state index contributed by atoms with van der Waals surface area (Å²) in [5.41, 5.74) is 0.949. The van der Waals surface area contributed by atoms with Crippen LogP contribution in [0.4, 0.5) is 0 Å². The molecule has 1 fully saturated rings. The first-order valence-corrected chi connectivity index (χ1v) is 11.2. The molecule has 0 amide bonds. The fourth-order valence-electron chi connectivity index (χ4n) is 3.26. The van der Waals surface area contributed by atoms with Crippen molar-refractivity contribution >= 4 is 11.8 Å². The Labute approximate surface area is 185 Å². The summed E-state index contributed by atoms with van der Waals surface area (Å²) >= 11 is 1.48. The molecule has 0 bridgehead atoms. The van der Waals surface area contributed by atoms with E-state index in [1.807, 2.05) is 30.3 Å². The van der Waals surface area contributed by atoms with Crippen LogP contribution in [0.1, 0.15) is 35.9 Å². The number of thioether (sulfide) groups is 1. The number of rotatable bonds is 12. The second-order valence-electron chi connectivity index (χ2n) is 7.45. The van der Waals surface area contributed by atoms with Crippen molar-refractivity contribution in [2.45, 2.75) is 43.2 Å². The SMILES string of the molecule is COc1ccc(COCC(O)CSc2nnc(C3CC3)n2Cc2ccco2)cc1OC. The number of nitrogens with zero attached hydrogens (tertiary/aromatic N) is 3. The molecule has 2 aromatic heterocycles. The fraction of sp³-hybridized carbons (Fsp3) is 0.455. The van der Waals surface area contributed by atoms with Crippen molar-refractivity contribution in [2.24, 2.45) is 0 Å². The average Bonchev–Trinajstić information content (AvgIpc) is 3.35. The summed E-state index contributed by atoms with van der Waals surface area (Å²) in [6, 6.07) is 9.45. The summed E-state index contributed by atoms with van der Waals surface area (Å²) in [7, 11) is 3.20. The highest BCUT2D eigenvalue weighted by atomic mass is 32.2. The molecule has 1 saturated carbocycles. The van der Waals surface area contributed by atoms with E-state index < -0.39 is 6.10 Å². The third-order valence-corrected chi connectivity index (χ3v) is 6.13. The van der Waals surface area contributed by atoms with E-state index in [0.29, 0.717) is 36.3 Å². The van der Waals surface area contributed by atoms with Crippen LogP contribution >= 0.6 is 11.8 Å². The van der Waals surface area contributed by atoms with Crippen molar-refractivity contribution in [3.05, 3.63) is 53.7 Å². The molecular weight excluding hydrogens is 418 g/mol. The molecule has 0 saturated heterocycles. The smallest absolute Gasteiger partial charge is 0.191 e. The van der Waals surface area contributed by atoms with Gasteiger partial charge in [-0.15, -0.1) is 10.2 Å². The third kappa shape index (κ3) is 5.61. The number of hydrogen-bond acceptors (Lipinski definition) is 8. The van der Waals surface area contributed by atoms with E-state index in [1.165, 1.54) is 11.8 Å². The summed E-state index contributed by atoms with van der Waals surface area (Å²) in [4.78, 5) is 0. The molecule has 0 radical (unpaired) electrons. The second kappa shape index (κ2) is 10.2. The van der Waals surface area contributed by atoms with Crippen molar-refractivity contribution in [3.63, 3.8) is 0 Å². The number of furan rings is 1. The van der Waals surface area contributed by atoms with Crippen molar-refractivity contribution in [1.29, 1.82) is 0 Å². The van der Waals surface area contributed by atoms with Gasteiger partial charge in [0.1, 0.15) is 11.6 Å². The van der Waals surface area contributed by atoms with Crippen LogP contribution in [0.15, 0.2) is 46.2 Å². The Morgan fingerprint density at radius 2 is 2.03 bits per heavy atom. The van der Waals surface area contributed by atoms with E-state index >= 15 is 0 Å². The Kier molecular flexibility index (Phi) is 7.16. The molecule has 9 heteroatoms. The van der Waals surface area contributed by atoms with Gasteiger partial charge in [-0.3, -0.25) is 4.57 Å². The molecule has 1 unspecified atom stereocenters. The van der Waals surface area contributed by atoms with Crippen LogP contribution in [0.5, 0.6) is 11.5 Å². The number of hydrogen-bond donors (Lipinski definition) is 1. The van der Waals surface area contributed by atoms with Crippen molar-refractivity contribution in [2.75, 3.05) is 26.6 Å². The molecule has 2 heterocycles. The average molecular weight is 446 g/mol. The summed E-state index contributed by atoms with van der Waals surface area (Å²) < 4.78 is 23.8. The molecule has 1 aliphatic carbocycles. The molecule has 1 aliphatic rings. The Bertz CT molecular complexity index is 972. The summed E-state index contributed by atoms with van der Waals surface area (Å²) in [6.45, 7) is 1.20. The van der Waals surface area contributed by atoms with E-state index in [1.54, 1.807) is 20.5 Å². The van der Waals surface area contributed by atoms with E-state index in [9.17, 15) is 5.11 Å². The lowest BCUT2D eigenvalue weighted by molar-refractivity contribution is 0.0397. The molecular formula is C22H27N3O5S. The van der Waals surface area contributed by atoms with Gasteiger partial charge in [-0.1, -0.05) is 17.8 Å². The first-order chi connectivity index (χ1) is 15.2. The zero-order valence-corrected chi connectivity index (χ0v) is 18.5. The zero-order valence-electron chi connectivity index (χ0n) is 17.7. The minimum Gasteiger partial charge on any atom is -0.493 e. The first-order valence-electron chi connectivity index (χ1n) is 10.2. The highest BCUT2D eigenvalue weighted by Gasteiger charge is 2.30. The number of ether oxygens (including phenoxy) is 3. The van der Waals surface area contributed by atoms with Crippen molar-refractivity contribution in [3.8, 4) is 11.5 Å². The Morgan fingerprint density at radius 1 is 1.19 bits per heavy atom. The normalized spacial score (nSPS) is 14.5. The predicted molar refractivity (Wildman–Crippen MR) is 116 cm³/mol. The van der Waals surface area contributed by atoms with Gasteiger partial charge in [-0.05, 0) is 42.7 Å². The first kappa shape index (κ1) is 21.7. The number of methoxy groups -OCH3 is 2. The highest BCUT2D eigenvalue weighted by Crippen LogP contribution is 2.40. The van der Waals surface area contributed by atoms with Crippen LogP contribution < -0.4 is 9.47 Å². The number of aromatic nitrogens is 3. The third-order valence-electron chi connectivity index (χ3n) is 5.01. The molecule has 0 aliphatic heterocycles. The maximum atomic E-state index is 10.4. The standard InChI is InChI=1S/C22H27N3O5S/c1-27-19-8-5-15(10-20(19)28-2)12-29-13-17(26)14-31-22-24-23-21(16-6-7-16)25(22)11-18-4-3-9-30-18/h3-5,8-10,16-17,26H,6-7,11-14H2,1-2H3. The van der Waals surface area contributed by atoms with Crippen molar-refractivity contribution in [1.82, 2.24) is 14.8 Å². The molecule has 3 aromatic rings. The molecule has 0 spiro atoms. The molecule has 1 N–H and O–H groups in total. The van der Waals surface area contributed by atoms with Gasteiger partial charge >= 0.3 is 0 Å². The van der Waals surface area contributed by atoms with Crippen LogP contribution in [-0.4, -0.2) is 52.6 Å². The molecule has 8 nitrogen and oxygen atoms in total. The lowest BCUT2D eigenvalue weighted by atomic mass is 10.2.